The smallest absolute Gasteiger partial charge is 0.150 e. The molecule has 0 aromatic heterocycles. The van der Waals surface area contributed by atoms with Gasteiger partial charge >= 0.3 is 0 Å². The number of carbonyl (C=O) groups excluding carboxylic acids is 1. The molecule has 4 nitrogen and oxygen atoms in total. The van der Waals surface area contributed by atoms with Crippen LogP contribution in [0.1, 0.15) is 10.4 Å². The minimum absolute atomic E-state index is 0.113. The van der Waals surface area contributed by atoms with Crippen molar-refractivity contribution < 1.29 is 4.79 Å². The molecular weight excluding hydrogens is 188 g/mol. The van der Waals surface area contributed by atoms with E-state index in [-0.39, 0.29) is 16.7 Å². The fourth-order valence-corrected chi connectivity index (χ4v) is 1.13. The Morgan fingerprint density at radius 2 is 2.31 bits per heavy atom. The van der Waals surface area contributed by atoms with Crippen molar-refractivity contribution in [3.8, 4) is 0 Å². The number of aldehydes is 1. The lowest BCUT2D eigenvalue weighted by Gasteiger charge is -2.02. The van der Waals surface area contributed by atoms with Crippen molar-refractivity contribution in [2.45, 2.75) is 0 Å². The molecule has 2 radical (unpaired) electrons. The van der Waals surface area contributed by atoms with E-state index in [4.69, 9.17) is 25.0 Å². The molecule has 0 aliphatic carbocycles. The van der Waals surface area contributed by atoms with Crippen LogP contribution in [0.25, 0.3) is 10.4 Å². The third kappa shape index (κ3) is 2.02. The van der Waals surface area contributed by atoms with Crippen LogP contribution in [0, 0.1) is 0 Å². The summed E-state index contributed by atoms with van der Waals surface area (Å²) >= 11 is 5.63. The van der Waals surface area contributed by atoms with Gasteiger partial charge in [-0.05, 0) is 11.6 Å². The maximum absolute atomic E-state index is 10.5. The Labute approximate surface area is 80.5 Å². The normalized spacial score (nSPS) is 9.00. The van der Waals surface area contributed by atoms with E-state index in [9.17, 15) is 4.79 Å². The summed E-state index contributed by atoms with van der Waals surface area (Å²) in [5, 5.41) is 3.61. The molecule has 6 heteroatoms. The van der Waals surface area contributed by atoms with Gasteiger partial charge in [0.2, 0.25) is 0 Å². The molecule has 0 atom stereocenters. The second-order valence-corrected chi connectivity index (χ2v) is 2.68. The Morgan fingerprint density at radius 3 is 2.85 bits per heavy atom. The van der Waals surface area contributed by atoms with Crippen LogP contribution in [0.3, 0.4) is 0 Å². The summed E-state index contributed by atoms with van der Waals surface area (Å²) in [6, 6.07) is 2.80. The standard InChI is InChI=1S/C7H3BClN3O/c8-6-2-5(9)1-4(3-13)7(6)11-12-10/h1-3H. The molecule has 0 aliphatic heterocycles. The fraction of sp³-hybridized carbons (Fsp3) is 0. The molecule has 1 aromatic carbocycles. The Hall–Kier alpha value is -1.45. The predicted molar refractivity (Wildman–Crippen MR) is 51.0 cm³/mol. The summed E-state index contributed by atoms with van der Waals surface area (Å²) in [5.74, 6) is 0. The molecule has 1 rings (SSSR count). The molecule has 0 saturated heterocycles. The van der Waals surface area contributed by atoms with E-state index < -0.39 is 0 Å². The first-order valence-electron chi connectivity index (χ1n) is 3.28. The van der Waals surface area contributed by atoms with Crippen LogP contribution in [0.5, 0.6) is 0 Å². The lowest BCUT2D eigenvalue weighted by atomic mass is 9.92. The van der Waals surface area contributed by atoms with E-state index in [0.717, 1.165) is 0 Å². The average Bonchev–Trinajstić information content (AvgIpc) is 2.09. The molecule has 0 N–H and O–H groups in total. The van der Waals surface area contributed by atoms with Gasteiger partial charge < -0.3 is 0 Å². The molecule has 0 saturated carbocycles. The molecule has 0 spiro atoms. The summed E-state index contributed by atoms with van der Waals surface area (Å²) in [6.07, 6.45) is 0.534. The zero-order valence-electron chi connectivity index (χ0n) is 6.44. The Bertz CT molecular complexity index is 401. The second kappa shape index (κ2) is 3.98. The summed E-state index contributed by atoms with van der Waals surface area (Å²) in [6.45, 7) is 0. The molecule has 0 bridgehead atoms. The molecule has 0 unspecified atom stereocenters. The number of azide groups is 1. The molecule has 13 heavy (non-hydrogen) atoms. The highest BCUT2D eigenvalue weighted by atomic mass is 35.5. The van der Waals surface area contributed by atoms with Crippen molar-refractivity contribution in [3.63, 3.8) is 0 Å². The zero-order valence-corrected chi connectivity index (χ0v) is 7.19. The summed E-state index contributed by atoms with van der Waals surface area (Å²) < 4.78 is 0. The van der Waals surface area contributed by atoms with Gasteiger partial charge in [0.15, 0.2) is 6.29 Å². The molecule has 62 valence electrons. The number of hydrogen-bond donors (Lipinski definition) is 0. The summed E-state index contributed by atoms with van der Waals surface area (Å²) in [7, 11) is 5.48. The van der Waals surface area contributed by atoms with Crippen LogP contribution < -0.4 is 5.46 Å². The highest BCUT2D eigenvalue weighted by Gasteiger charge is 2.04. The van der Waals surface area contributed by atoms with E-state index in [1.54, 1.807) is 0 Å². The number of benzene rings is 1. The third-order valence-electron chi connectivity index (χ3n) is 1.41. The molecule has 0 aliphatic rings. The molecule has 0 amide bonds. The first-order chi connectivity index (χ1) is 6.19. The van der Waals surface area contributed by atoms with Crippen molar-refractivity contribution >= 4 is 36.9 Å². The van der Waals surface area contributed by atoms with Gasteiger partial charge in [-0.25, -0.2) is 0 Å². The van der Waals surface area contributed by atoms with E-state index >= 15 is 0 Å². The van der Waals surface area contributed by atoms with E-state index in [2.05, 4.69) is 10.0 Å². The first kappa shape index (κ1) is 9.64. The predicted octanol–water partition coefficient (Wildman–Crippen LogP) is 1.89. The maximum Gasteiger partial charge on any atom is 0.150 e. The minimum Gasteiger partial charge on any atom is -0.298 e. The highest BCUT2D eigenvalue weighted by molar-refractivity contribution is 6.39. The van der Waals surface area contributed by atoms with E-state index in [0.29, 0.717) is 11.3 Å². The van der Waals surface area contributed by atoms with Gasteiger partial charge in [-0.1, -0.05) is 28.2 Å². The van der Waals surface area contributed by atoms with Gasteiger partial charge in [0.1, 0.15) is 7.85 Å². The Balaban J connectivity index is 3.46. The first-order valence-corrected chi connectivity index (χ1v) is 3.66. The number of carbonyl (C=O) groups is 1. The van der Waals surface area contributed by atoms with Crippen LogP contribution in [-0.4, -0.2) is 14.1 Å². The van der Waals surface area contributed by atoms with Gasteiger partial charge in [0.05, 0.1) is 0 Å². The second-order valence-electron chi connectivity index (χ2n) is 2.24. The van der Waals surface area contributed by atoms with Gasteiger partial charge in [0, 0.05) is 21.2 Å². The third-order valence-corrected chi connectivity index (χ3v) is 1.62. The number of halogens is 1. The quantitative estimate of drug-likeness (QED) is 0.231. The van der Waals surface area contributed by atoms with Crippen molar-refractivity contribution in [3.05, 3.63) is 33.2 Å². The van der Waals surface area contributed by atoms with Crippen LogP contribution in [0.2, 0.25) is 5.02 Å². The van der Waals surface area contributed by atoms with Gasteiger partial charge in [-0.15, -0.1) is 0 Å². The van der Waals surface area contributed by atoms with Crippen molar-refractivity contribution in [1.82, 2.24) is 0 Å². The van der Waals surface area contributed by atoms with E-state index in [1.807, 2.05) is 0 Å². The fourth-order valence-electron chi connectivity index (χ4n) is 0.892. The van der Waals surface area contributed by atoms with Crippen LogP contribution >= 0.6 is 11.6 Å². The van der Waals surface area contributed by atoms with Gasteiger partial charge in [-0.3, -0.25) is 4.79 Å². The van der Waals surface area contributed by atoms with Crippen molar-refractivity contribution in [1.29, 1.82) is 0 Å². The molecular formula is C7H3BClN3O. The Morgan fingerprint density at radius 1 is 1.62 bits per heavy atom. The summed E-state index contributed by atoms with van der Waals surface area (Å²) in [5.41, 5.74) is 8.67. The van der Waals surface area contributed by atoms with Gasteiger partial charge in [0.25, 0.3) is 0 Å². The van der Waals surface area contributed by atoms with Crippen molar-refractivity contribution in [2.24, 2.45) is 5.11 Å². The monoisotopic (exact) mass is 191 g/mol. The minimum atomic E-state index is 0.113. The molecule has 1 aromatic rings. The highest BCUT2D eigenvalue weighted by Crippen LogP contribution is 2.19. The van der Waals surface area contributed by atoms with E-state index in [1.165, 1.54) is 12.1 Å². The SMILES string of the molecule is [B]c1cc(Cl)cc(C=O)c1N=[N+]=[N-]. The van der Waals surface area contributed by atoms with Crippen molar-refractivity contribution in [2.75, 3.05) is 0 Å². The number of nitrogens with zero attached hydrogens (tertiary/aromatic N) is 3. The van der Waals surface area contributed by atoms with Crippen LogP contribution in [0.4, 0.5) is 5.69 Å². The average molecular weight is 191 g/mol. The number of hydrogen-bond acceptors (Lipinski definition) is 2. The number of rotatable bonds is 2. The zero-order chi connectivity index (χ0) is 9.84. The maximum atomic E-state index is 10.5. The lowest BCUT2D eigenvalue weighted by molar-refractivity contribution is 0.112. The lowest BCUT2D eigenvalue weighted by Crippen LogP contribution is -2.04. The topological polar surface area (TPSA) is 65.8 Å². The molecule has 0 fully saturated rings. The van der Waals surface area contributed by atoms with Gasteiger partial charge in [-0.2, -0.15) is 0 Å². The van der Waals surface area contributed by atoms with Crippen LogP contribution in [0.15, 0.2) is 17.2 Å². The molecule has 0 heterocycles. The summed E-state index contributed by atoms with van der Waals surface area (Å²) in [4.78, 5) is 13.1. The van der Waals surface area contributed by atoms with Crippen LogP contribution in [-0.2, 0) is 0 Å². The Kier molecular flexibility index (Phi) is 2.95. The largest absolute Gasteiger partial charge is 0.298 e.